The third-order valence-corrected chi connectivity index (χ3v) is 5.51. The molecule has 21 heavy (non-hydrogen) atoms. The van der Waals surface area contributed by atoms with Gasteiger partial charge in [-0.05, 0) is 44.3 Å². The molecule has 3 heterocycles. The number of piperidine rings is 1. The van der Waals surface area contributed by atoms with Crippen molar-refractivity contribution in [2.75, 3.05) is 31.5 Å². The smallest absolute Gasteiger partial charge is 0.138 e. The van der Waals surface area contributed by atoms with Crippen LogP contribution in [0.4, 0.5) is 5.82 Å². The van der Waals surface area contributed by atoms with Crippen LogP contribution in [0.3, 0.4) is 0 Å². The molecule has 0 bridgehead atoms. The zero-order valence-corrected chi connectivity index (χ0v) is 13.7. The van der Waals surface area contributed by atoms with Crippen LogP contribution in [-0.4, -0.2) is 41.0 Å². The van der Waals surface area contributed by atoms with Gasteiger partial charge >= 0.3 is 0 Å². The quantitative estimate of drug-likeness (QED) is 0.919. The lowest BCUT2D eigenvalue weighted by atomic mass is 9.99. The standard InChI is InChI=1S/C16H24N4S/c1-3-13-10-14-15(18-11-19-16(14)21-13)17-6-9-20-7-4-12(2)5-8-20/h10-12H,3-9H2,1-2H3,(H,17,18,19). The van der Waals surface area contributed by atoms with Crippen molar-refractivity contribution in [3.05, 3.63) is 17.3 Å². The van der Waals surface area contributed by atoms with E-state index >= 15 is 0 Å². The highest BCUT2D eigenvalue weighted by atomic mass is 32.1. The third kappa shape index (κ3) is 3.52. The van der Waals surface area contributed by atoms with Crippen LogP contribution in [0.1, 0.15) is 31.6 Å². The predicted octanol–water partition coefficient (Wildman–Crippen LogP) is 3.40. The highest BCUT2D eigenvalue weighted by Gasteiger charge is 2.15. The van der Waals surface area contributed by atoms with Gasteiger partial charge in [-0.15, -0.1) is 11.3 Å². The van der Waals surface area contributed by atoms with E-state index in [2.05, 4.69) is 40.1 Å². The molecule has 0 saturated carbocycles. The number of hydrogen-bond acceptors (Lipinski definition) is 5. The predicted molar refractivity (Wildman–Crippen MR) is 90.1 cm³/mol. The Morgan fingerprint density at radius 3 is 2.90 bits per heavy atom. The van der Waals surface area contributed by atoms with Gasteiger partial charge in [0.25, 0.3) is 0 Å². The van der Waals surface area contributed by atoms with Gasteiger partial charge in [-0.1, -0.05) is 13.8 Å². The summed E-state index contributed by atoms with van der Waals surface area (Å²) in [6.45, 7) is 9.07. The maximum Gasteiger partial charge on any atom is 0.138 e. The minimum Gasteiger partial charge on any atom is -0.368 e. The second-order valence-electron chi connectivity index (χ2n) is 5.96. The van der Waals surface area contributed by atoms with E-state index in [9.17, 15) is 0 Å². The highest BCUT2D eigenvalue weighted by molar-refractivity contribution is 7.18. The van der Waals surface area contributed by atoms with Crippen LogP contribution >= 0.6 is 11.3 Å². The Morgan fingerprint density at radius 2 is 2.14 bits per heavy atom. The molecule has 0 aromatic carbocycles. The molecule has 0 amide bonds. The molecule has 1 N–H and O–H groups in total. The van der Waals surface area contributed by atoms with Crippen LogP contribution in [0, 0.1) is 5.92 Å². The van der Waals surface area contributed by atoms with Crippen LogP contribution in [0.2, 0.25) is 0 Å². The van der Waals surface area contributed by atoms with Crippen molar-refractivity contribution >= 4 is 27.4 Å². The van der Waals surface area contributed by atoms with Crippen LogP contribution in [0.25, 0.3) is 10.2 Å². The average Bonchev–Trinajstić information content (AvgIpc) is 2.93. The maximum atomic E-state index is 4.42. The first-order chi connectivity index (χ1) is 10.3. The molecule has 0 spiro atoms. The fraction of sp³-hybridized carbons (Fsp3) is 0.625. The molecule has 2 aromatic heterocycles. The van der Waals surface area contributed by atoms with Gasteiger partial charge in [-0.25, -0.2) is 9.97 Å². The molecule has 1 aliphatic heterocycles. The molecule has 0 atom stereocenters. The van der Waals surface area contributed by atoms with E-state index in [0.717, 1.165) is 36.1 Å². The van der Waals surface area contributed by atoms with E-state index in [0.29, 0.717) is 0 Å². The maximum absolute atomic E-state index is 4.42. The van der Waals surface area contributed by atoms with Gasteiger partial charge in [0.1, 0.15) is 17.0 Å². The summed E-state index contributed by atoms with van der Waals surface area (Å²) in [6, 6.07) is 2.23. The molecule has 3 rings (SSSR count). The van der Waals surface area contributed by atoms with Crippen molar-refractivity contribution in [2.24, 2.45) is 5.92 Å². The molecule has 1 saturated heterocycles. The van der Waals surface area contributed by atoms with E-state index in [4.69, 9.17) is 0 Å². The monoisotopic (exact) mass is 304 g/mol. The van der Waals surface area contributed by atoms with Crippen LogP contribution < -0.4 is 5.32 Å². The number of nitrogens with zero attached hydrogens (tertiary/aromatic N) is 3. The summed E-state index contributed by atoms with van der Waals surface area (Å²) in [7, 11) is 0. The lowest BCUT2D eigenvalue weighted by molar-refractivity contribution is 0.199. The summed E-state index contributed by atoms with van der Waals surface area (Å²) in [5, 5.41) is 4.67. The van der Waals surface area contributed by atoms with Gasteiger partial charge in [0.15, 0.2) is 0 Å². The number of fused-ring (bicyclic) bond motifs is 1. The van der Waals surface area contributed by atoms with E-state index < -0.39 is 0 Å². The van der Waals surface area contributed by atoms with Gasteiger partial charge in [-0.3, -0.25) is 0 Å². The number of aryl methyl sites for hydroxylation is 1. The number of likely N-dealkylation sites (tertiary alicyclic amines) is 1. The van der Waals surface area contributed by atoms with Crippen molar-refractivity contribution in [2.45, 2.75) is 33.1 Å². The first kappa shape index (κ1) is 14.7. The minimum atomic E-state index is 0.897. The van der Waals surface area contributed by atoms with E-state index in [-0.39, 0.29) is 0 Å². The number of nitrogens with one attached hydrogen (secondary N) is 1. The summed E-state index contributed by atoms with van der Waals surface area (Å²) < 4.78 is 0. The van der Waals surface area contributed by atoms with Crippen LogP contribution in [0.15, 0.2) is 12.4 Å². The fourth-order valence-corrected chi connectivity index (χ4v) is 3.77. The van der Waals surface area contributed by atoms with Crippen LogP contribution in [-0.2, 0) is 6.42 Å². The molecule has 0 radical (unpaired) electrons. The van der Waals surface area contributed by atoms with Crippen molar-refractivity contribution in [3.8, 4) is 0 Å². The second-order valence-corrected chi connectivity index (χ2v) is 7.07. The number of aromatic nitrogens is 2. The molecular formula is C16H24N4S. The van der Waals surface area contributed by atoms with Crippen molar-refractivity contribution < 1.29 is 0 Å². The normalized spacial score (nSPS) is 17.4. The Labute approximate surface area is 130 Å². The SMILES string of the molecule is CCc1cc2c(NCCN3CCC(C)CC3)ncnc2s1. The largest absolute Gasteiger partial charge is 0.368 e. The summed E-state index contributed by atoms with van der Waals surface area (Å²) in [5.74, 6) is 1.88. The second kappa shape index (κ2) is 6.71. The fourth-order valence-electron chi connectivity index (χ4n) is 2.84. The molecule has 2 aromatic rings. The van der Waals surface area contributed by atoms with Crippen LogP contribution in [0.5, 0.6) is 0 Å². The Balaban J connectivity index is 1.59. The van der Waals surface area contributed by atoms with Crippen molar-refractivity contribution in [1.82, 2.24) is 14.9 Å². The molecule has 5 heteroatoms. The number of thiophene rings is 1. The number of rotatable bonds is 5. The molecule has 114 valence electrons. The summed E-state index contributed by atoms with van der Waals surface area (Å²) in [4.78, 5) is 13.8. The van der Waals surface area contributed by atoms with Gasteiger partial charge in [0.05, 0.1) is 5.39 Å². The summed E-state index contributed by atoms with van der Waals surface area (Å²) >= 11 is 1.77. The molecule has 0 aliphatic carbocycles. The van der Waals surface area contributed by atoms with Crippen molar-refractivity contribution in [3.63, 3.8) is 0 Å². The van der Waals surface area contributed by atoms with E-state index in [1.54, 1.807) is 17.7 Å². The molecule has 1 fully saturated rings. The Hall–Kier alpha value is -1.20. The number of hydrogen-bond donors (Lipinski definition) is 1. The molecule has 0 unspecified atom stereocenters. The summed E-state index contributed by atoms with van der Waals surface area (Å²) in [6.07, 6.45) is 5.40. The number of anilines is 1. The Bertz CT molecular complexity index is 587. The van der Waals surface area contributed by atoms with E-state index in [1.807, 2.05) is 0 Å². The Morgan fingerprint density at radius 1 is 1.33 bits per heavy atom. The van der Waals surface area contributed by atoms with Gasteiger partial charge < -0.3 is 10.2 Å². The lowest BCUT2D eigenvalue weighted by Gasteiger charge is -2.30. The third-order valence-electron chi connectivity index (χ3n) is 4.33. The minimum absolute atomic E-state index is 0.897. The lowest BCUT2D eigenvalue weighted by Crippen LogP contribution is -2.36. The average molecular weight is 304 g/mol. The first-order valence-corrected chi connectivity index (χ1v) is 8.77. The molecule has 1 aliphatic rings. The molecular weight excluding hydrogens is 280 g/mol. The van der Waals surface area contributed by atoms with Gasteiger partial charge in [0, 0.05) is 18.0 Å². The topological polar surface area (TPSA) is 41.0 Å². The zero-order valence-electron chi connectivity index (χ0n) is 12.9. The summed E-state index contributed by atoms with van der Waals surface area (Å²) in [5.41, 5.74) is 0. The van der Waals surface area contributed by atoms with E-state index in [1.165, 1.54) is 36.2 Å². The van der Waals surface area contributed by atoms with Gasteiger partial charge in [-0.2, -0.15) is 0 Å². The Kier molecular flexibility index (Phi) is 4.70. The first-order valence-electron chi connectivity index (χ1n) is 7.96. The highest BCUT2D eigenvalue weighted by Crippen LogP contribution is 2.28. The van der Waals surface area contributed by atoms with Crippen molar-refractivity contribution in [1.29, 1.82) is 0 Å². The van der Waals surface area contributed by atoms with Gasteiger partial charge in [0.2, 0.25) is 0 Å². The zero-order chi connectivity index (χ0) is 14.7. The molecule has 4 nitrogen and oxygen atoms in total.